The molecule has 1 saturated carbocycles. The zero-order valence-electron chi connectivity index (χ0n) is 13.1. The van der Waals surface area contributed by atoms with E-state index in [9.17, 15) is 29.7 Å². The Hall–Kier alpha value is -2.57. The van der Waals surface area contributed by atoms with Crippen molar-refractivity contribution in [3.8, 4) is 5.75 Å². The van der Waals surface area contributed by atoms with Gasteiger partial charge in [0.25, 0.3) is 0 Å². The first-order valence-electron chi connectivity index (χ1n) is 7.92. The third-order valence-corrected chi connectivity index (χ3v) is 4.41. The molecule has 0 aromatic heterocycles. The summed E-state index contributed by atoms with van der Waals surface area (Å²) in [5.74, 6) is -4.10. The van der Waals surface area contributed by atoms with Crippen LogP contribution in [0.4, 0.5) is 0 Å². The van der Waals surface area contributed by atoms with E-state index in [0.29, 0.717) is 18.4 Å². The second-order valence-electron chi connectivity index (χ2n) is 6.11. The Kier molecular flexibility index (Phi) is 5.78. The number of phenols is 1. The van der Waals surface area contributed by atoms with Crippen molar-refractivity contribution in [1.82, 2.24) is 5.32 Å². The fourth-order valence-electron chi connectivity index (χ4n) is 3.09. The van der Waals surface area contributed by atoms with Gasteiger partial charge in [0.1, 0.15) is 11.8 Å². The number of hydrogen-bond acceptors (Lipinski definition) is 4. The molecule has 1 fully saturated rings. The molecule has 2 rings (SSSR count). The second-order valence-corrected chi connectivity index (χ2v) is 6.11. The number of rotatable bonds is 6. The van der Waals surface area contributed by atoms with Crippen LogP contribution in [-0.4, -0.2) is 39.2 Å². The number of carbonyl (C=O) groups excluding carboxylic acids is 1. The van der Waals surface area contributed by atoms with Crippen LogP contribution in [-0.2, 0) is 20.8 Å². The van der Waals surface area contributed by atoms with Gasteiger partial charge in [-0.15, -0.1) is 0 Å². The average molecular weight is 335 g/mol. The van der Waals surface area contributed by atoms with E-state index in [4.69, 9.17) is 0 Å². The summed E-state index contributed by atoms with van der Waals surface area (Å²) in [5.41, 5.74) is 0.652. The van der Waals surface area contributed by atoms with Gasteiger partial charge < -0.3 is 20.6 Å². The number of carbonyl (C=O) groups is 3. The SMILES string of the molecule is O=C(O)[C@H](Cc1ccc(O)cc1)NC(=O)[C@@H]1CCCC[C@@H]1C(=O)O. The lowest BCUT2D eigenvalue weighted by Crippen LogP contribution is -2.48. The van der Waals surface area contributed by atoms with Gasteiger partial charge in [0.2, 0.25) is 5.91 Å². The second kappa shape index (κ2) is 7.81. The molecule has 0 unspecified atom stereocenters. The molecule has 1 aromatic rings. The fourth-order valence-corrected chi connectivity index (χ4v) is 3.09. The molecule has 0 heterocycles. The van der Waals surface area contributed by atoms with E-state index in [1.165, 1.54) is 12.1 Å². The van der Waals surface area contributed by atoms with Crippen molar-refractivity contribution >= 4 is 17.8 Å². The van der Waals surface area contributed by atoms with E-state index in [1.807, 2.05) is 0 Å². The Morgan fingerprint density at radius 2 is 1.62 bits per heavy atom. The molecule has 7 heteroatoms. The molecule has 0 saturated heterocycles. The highest BCUT2D eigenvalue weighted by molar-refractivity contribution is 5.88. The number of amides is 1. The predicted molar refractivity (Wildman–Crippen MR) is 84.5 cm³/mol. The number of aromatic hydroxyl groups is 1. The van der Waals surface area contributed by atoms with Crippen molar-refractivity contribution in [3.05, 3.63) is 29.8 Å². The van der Waals surface area contributed by atoms with Crippen molar-refractivity contribution in [2.75, 3.05) is 0 Å². The Balaban J connectivity index is 2.06. The standard InChI is InChI=1S/C17H21NO6/c19-11-7-5-10(6-8-11)9-14(17(23)24)18-15(20)12-3-1-2-4-13(12)16(21)22/h5-8,12-14,19H,1-4,9H2,(H,18,20)(H,21,22)(H,23,24)/t12-,13+,14+/m1/s1. The monoisotopic (exact) mass is 335 g/mol. The number of hydrogen-bond donors (Lipinski definition) is 4. The van der Waals surface area contributed by atoms with Crippen LogP contribution in [0.15, 0.2) is 24.3 Å². The molecule has 4 N–H and O–H groups in total. The third kappa shape index (κ3) is 4.47. The molecule has 3 atom stereocenters. The van der Waals surface area contributed by atoms with Gasteiger partial charge in [-0.2, -0.15) is 0 Å². The Labute approximate surface area is 139 Å². The van der Waals surface area contributed by atoms with Crippen LogP contribution in [0.2, 0.25) is 0 Å². The summed E-state index contributed by atoms with van der Waals surface area (Å²) in [6.07, 6.45) is 2.47. The van der Waals surface area contributed by atoms with Gasteiger partial charge in [0.05, 0.1) is 11.8 Å². The molecule has 1 aromatic carbocycles. The van der Waals surface area contributed by atoms with E-state index in [0.717, 1.165) is 12.8 Å². The maximum absolute atomic E-state index is 12.4. The first-order valence-corrected chi connectivity index (χ1v) is 7.92. The molecule has 0 spiro atoms. The van der Waals surface area contributed by atoms with Gasteiger partial charge in [-0.3, -0.25) is 9.59 Å². The lowest BCUT2D eigenvalue weighted by atomic mass is 9.78. The molecule has 1 aliphatic rings. The van der Waals surface area contributed by atoms with Gasteiger partial charge in [0.15, 0.2) is 0 Å². The summed E-state index contributed by atoms with van der Waals surface area (Å²) < 4.78 is 0. The minimum Gasteiger partial charge on any atom is -0.508 e. The van der Waals surface area contributed by atoms with E-state index in [-0.39, 0.29) is 12.2 Å². The minimum atomic E-state index is -1.18. The maximum atomic E-state index is 12.4. The van der Waals surface area contributed by atoms with Gasteiger partial charge in [0, 0.05) is 6.42 Å². The van der Waals surface area contributed by atoms with Gasteiger partial charge >= 0.3 is 11.9 Å². The highest BCUT2D eigenvalue weighted by atomic mass is 16.4. The number of aliphatic carboxylic acids is 2. The molecule has 0 bridgehead atoms. The third-order valence-electron chi connectivity index (χ3n) is 4.41. The Morgan fingerprint density at radius 1 is 1.04 bits per heavy atom. The van der Waals surface area contributed by atoms with Gasteiger partial charge in [-0.25, -0.2) is 4.79 Å². The van der Waals surface area contributed by atoms with E-state index < -0.39 is 35.7 Å². The van der Waals surface area contributed by atoms with Crippen LogP contribution in [0, 0.1) is 11.8 Å². The number of nitrogens with one attached hydrogen (secondary N) is 1. The van der Waals surface area contributed by atoms with E-state index in [2.05, 4.69) is 5.32 Å². The average Bonchev–Trinajstić information content (AvgIpc) is 2.56. The topological polar surface area (TPSA) is 124 Å². The first-order chi connectivity index (χ1) is 11.4. The van der Waals surface area contributed by atoms with Crippen molar-refractivity contribution in [2.24, 2.45) is 11.8 Å². The fraction of sp³-hybridized carbons (Fsp3) is 0.471. The summed E-state index contributed by atoms with van der Waals surface area (Å²) in [7, 11) is 0. The van der Waals surface area contributed by atoms with Crippen LogP contribution in [0.5, 0.6) is 5.75 Å². The molecule has 0 aliphatic heterocycles. The van der Waals surface area contributed by atoms with Crippen molar-refractivity contribution in [1.29, 1.82) is 0 Å². The Bertz CT molecular complexity index is 612. The molecular weight excluding hydrogens is 314 g/mol. The number of phenolic OH excluding ortho intramolecular Hbond substituents is 1. The van der Waals surface area contributed by atoms with Crippen LogP contribution in [0.25, 0.3) is 0 Å². The number of carboxylic acids is 2. The van der Waals surface area contributed by atoms with Crippen molar-refractivity contribution < 1.29 is 29.7 Å². The quantitative estimate of drug-likeness (QED) is 0.623. The molecule has 1 amide bonds. The van der Waals surface area contributed by atoms with Gasteiger partial charge in [-0.1, -0.05) is 25.0 Å². The highest BCUT2D eigenvalue weighted by Crippen LogP contribution is 2.30. The van der Waals surface area contributed by atoms with Crippen LogP contribution >= 0.6 is 0 Å². The smallest absolute Gasteiger partial charge is 0.326 e. The molecular formula is C17H21NO6. The predicted octanol–water partition coefficient (Wildman–Crippen LogP) is 1.40. The molecule has 1 aliphatic carbocycles. The maximum Gasteiger partial charge on any atom is 0.326 e. The van der Waals surface area contributed by atoms with Crippen LogP contribution in [0.1, 0.15) is 31.2 Å². The molecule has 0 radical (unpaired) electrons. The summed E-state index contributed by atoms with van der Waals surface area (Å²) in [4.78, 5) is 35.1. The van der Waals surface area contributed by atoms with E-state index >= 15 is 0 Å². The highest BCUT2D eigenvalue weighted by Gasteiger charge is 2.37. The molecule has 130 valence electrons. The zero-order valence-corrected chi connectivity index (χ0v) is 13.1. The lowest BCUT2D eigenvalue weighted by Gasteiger charge is -2.28. The van der Waals surface area contributed by atoms with Crippen LogP contribution < -0.4 is 5.32 Å². The number of carboxylic acid groups (broad SMARTS) is 2. The van der Waals surface area contributed by atoms with Crippen molar-refractivity contribution in [2.45, 2.75) is 38.1 Å². The van der Waals surface area contributed by atoms with Gasteiger partial charge in [-0.05, 0) is 30.5 Å². The summed E-state index contributed by atoms with van der Waals surface area (Å²) >= 11 is 0. The zero-order chi connectivity index (χ0) is 17.7. The summed E-state index contributed by atoms with van der Waals surface area (Å²) in [6, 6.07) is 4.91. The molecule has 7 nitrogen and oxygen atoms in total. The normalized spacial score (nSPS) is 21.7. The van der Waals surface area contributed by atoms with Crippen LogP contribution in [0.3, 0.4) is 0 Å². The lowest BCUT2D eigenvalue weighted by molar-refractivity contribution is -0.149. The number of benzene rings is 1. The Morgan fingerprint density at radius 3 is 2.17 bits per heavy atom. The summed E-state index contributed by atoms with van der Waals surface area (Å²) in [6.45, 7) is 0. The van der Waals surface area contributed by atoms with E-state index in [1.54, 1.807) is 12.1 Å². The summed E-state index contributed by atoms with van der Waals surface area (Å²) in [5, 5.41) is 30.3. The van der Waals surface area contributed by atoms with Crippen molar-refractivity contribution in [3.63, 3.8) is 0 Å². The molecule has 24 heavy (non-hydrogen) atoms. The largest absolute Gasteiger partial charge is 0.508 e. The minimum absolute atomic E-state index is 0.0613. The first kappa shape index (κ1) is 17.8.